The highest BCUT2D eigenvalue weighted by atomic mass is 16.6. The molecule has 1 heterocycles. The van der Waals surface area contributed by atoms with Crippen LogP contribution in [0, 0.1) is 6.92 Å². The summed E-state index contributed by atoms with van der Waals surface area (Å²) in [7, 11) is 0. The summed E-state index contributed by atoms with van der Waals surface area (Å²) in [5, 5.41) is 3.61. The highest BCUT2D eigenvalue weighted by Crippen LogP contribution is 2.20. The van der Waals surface area contributed by atoms with Crippen molar-refractivity contribution < 1.29 is 23.8 Å². The Kier molecular flexibility index (Phi) is 14.2. The quantitative estimate of drug-likeness (QED) is 0.249. The number of alkyl carbamates (subject to hydrolysis) is 1. The van der Waals surface area contributed by atoms with Crippen LogP contribution in [0.2, 0.25) is 0 Å². The Balaban J connectivity index is 0.000000360. The van der Waals surface area contributed by atoms with Crippen molar-refractivity contribution in [1.82, 2.24) is 10.3 Å². The third-order valence-corrected chi connectivity index (χ3v) is 4.73. The molecule has 3 rings (SSSR count). The Labute approximate surface area is 227 Å². The van der Waals surface area contributed by atoms with Crippen LogP contribution in [0.15, 0.2) is 73.3 Å². The van der Waals surface area contributed by atoms with Crippen molar-refractivity contribution in [3.8, 4) is 5.75 Å². The van der Waals surface area contributed by atoms with Crippen LogP contribution in [0.5, 0.6) is 5.75 Å². The third-order valence-electron chi connectivity index (χ3n) is 4.73. The van der Waals surface area contributed by atoms with E-state index in [2.05, 4.69) is 29.0 Å². The molecule has 0 bridgehead atoms. The summed E-state index contributed by atoms with van der Waals surface area (Å²) in [6.07, 6.45) is 1.20. The van der Waals surface area contributed by atoms with E-state index in [9.17, 15) is 9.59 Å². The highest BCUT2D eigenvalue weighted by Gasteiger charge is 2.24. The van der Waals surface area contributed by atoms with Gasteiger partial charge < -0.3 is 19.5 Å². The molecular weight excluding hydrogens is 480 g/mol. The Bertz CT molecular complexity index is 1140. The molecule has 7 heteroatoms. The number of carbonyl (C=O) groups excluding carboxylic acids is 2. The number of aromatic nitrogens is 1. The van der Waals surface area contributed by atoms with Crippen LogP contribution in [0.1, 0.15) is 59.2 Å². The van der Waals surface area contributed by atoms with Crippen LogP contribution in [0.4, 0.5) is 4.79 Å². The average molecular weight is 523 g/mol. The van der Waals surface area contributed by atoms with Crippen molar-refractivity contribution in [2.75, 3.05) is 6.61 Å². The van der Waals surface area contributed by atoms with Gasteiger partial charge in [0.25, 0.3) is 0 Å². The van der Waals surface area contributed by atoms with Gasteiger partial charge in [0.2, 0.25) is 0 Å². The number of rotatable bonds is 8. The van der Waals surface area contributed by atoms with Gasteiger partial charge in [0, 0.05) is 16.6 Å². The number of pyridine rings is 1. The number of carbonyl (C=O) groups is 2. The Morgan fingerprint density at radius 2 is 1.68 bits per heavy atom. The zero-order chi connectivity index (χ0) is 28.6. The van der Waals surface area contributed by atoms with Crippen LogP contribution >= 0.6 is 0 Å². The summed E-state index contributed by atoms with van der Waals surface area (Å²) in [6.45, 7) is 17.3. The first kappa shape index (κ1) is 32.2. The van der Waals surface area contributed by atoms with Crippen molar-refractivity contribution >= 4 is 23.0 Å². The van der Waals surface area contributed by atoms with Gasteiger partial charge in [-0.05, 0) is 65.3 Å². The van der Waals surface area contributed by atoms with Gasteiger partial charge in [0.1, 0.15) is 24.0 Å². The fraction of sp³-hybridized carbons (Fsp3) is 0.387. The molecule has 1 atom stereocenters. The molecule has 1 amide bonds. The molecule has 0 aliphatic carbocycles. The van der Waals surface area contributed by atoms with Gasteiger partial charge >= 0.3 is 12.1 Å². The van der Waals surface area contributed by atoms with Gasteiger partial charge in [0.05, 0.1) is 12.1 Å². The first-order valence-corrected chi connectivity index (χ1v) is 12.9. The van der Waals surface area contributed by atoms with E-state index in [1.165, 1.54) is 5.56 Å². The zero-order valence-electron chi connectivity index (χ0n) is 23.7. The molecule has 0 aliphatic rings. The average Bonchev–Trinajstić information content (AvgIpc) is 2.88. The highest BCUT2D eigenvalue weighted by molar-refractivity contribution is 5.82. The number of para-hydroxylation sites is 2. The number of benzene rings is 2. The second-order valence-corrected chi connectivity index (χ2v) is 9.02. The van der Waals surface area contributed by atoms with Crippen LogP contribution in [-0.4, -0.2) is 35.3 Å². The van der Waals surface area contributed by atoms with Crippen molar-refractivity contribution in [3.63, 3.8) is 0 Å². The molecular formula is C31H42N2O5. The van der Waals surface area contributed by atoms with Crippen molar-refractivity contribution in [2.45, 2.75) is 73.1 Å². The lowest BCUT2D eigenvalue weighted by Gasteiger charge is -2.22. The van der Waals surface area contributed by atoms with Gasteiger partial charge in [-0.3, -0.25) is 4.98 Å². The smallest absolute Gasteiger partial charge is 0.408 e. The Morgan fingerprint density at radius 1 is 1.05 bits per heavy atom. The maximum Gasteiger partial charge on any atom is 0.408 e. The molecule has 0 spiro atoms. The van der Waals surface area contributed by atoms with Gasteiger partial charge in [-0.25, -0.2) is 9.59 Å². The normalized spacial score (nSPS) is 11.0. The number of hydrogen-bond donors (Lipinski definition) is 1. The lowest BCUT2D eigenvalue weighted by Crippen LogP contribution is -2.44. The lowest BCUT2D eigenvalue weighted by atomic mass is 10.1. The summed E-state index contributed by atoms with van der Waals surface area (Å²) in [5.41, 5.74) is 2.61. The van der Waals surface area contributed by atoms with Gasteiger partial charge in [0.15, 0.2) is 0 Å². The summed E-state index contributed by atoms with van der Waals surface area (Å²) in [5.74, 6) is 0.402. The molecule has 0 saturated heterocycles. The first-order valence-electron chi connectivity index (χ1n) is 12.9. The fourth-order valence-corrected chi connectivity index (χ4v) is 3.27. The molecule has 2 aromatic carbocycles. The molecule has 1 N–H and O–H groups in total. The van der Waals surface area contributed by atoms with Crippen LogP contribution < -0.4 is 10.1 Å². The number of aryl methyl sites for hydroxylation is 1. The summed E-state index contributed by atoms with van der Waals surface area (Å²) in [4.78, 5) is 27.5. The molecule has 0 unspecified atom stereocenters. The number of nitrogens with one attached hydrogen (secondary N) is 1. The largest absolute Gasteiger partial charge is 0.489 e. The Morgan fingerprint density at radius 3 is 2.29 bits per heavy atom. The molecule has 7 nitrogen and oxygen atoms in total. The monoisotopic (exact) mass is 522 g/mol. The van der Waals surface area contributed by atoms with E-state index in [-0.39, 0.29) is 6.61 Å². The van der Waals surface area contributed by atoms with Gasteiger partial charge in [-0.2, -0.15) is 0 Å². The minimum absolute atomic E-state index is 0.266. The summed E-state index contributed by atoms with van der Waals surface area (Å²) in [6, 6.07) is 19.4. The summed E-state index contributed by atoms with van der Waals surface area (Å²) >= 11 is 0. The number of esters is 1. The molecule has 0 radical (unpaired) electrons. The summed E-state index contributed by atoms with van der Waals surface area (Å²) < 4.78 is 15.7. The maximum atomic E-state index is 11.5. The SMILES string of the molecule is C=CC[C@H](NC(=O)OC(C)(C)C)C(=O)OCC.CC.Cc1cc(COc2ccccc2)c2ccccc2n1. The number of ether oxygens (including phenoxy) is 3. The van der Waals surface area contributed by atoms with E-state index in [1.807, 2.05) is 69.3 Å². The molecule has 3 aromatic rings. The number of nitrogens with zero attached hydrogens (tertiary/aromatic N) is 1. The predicted octanol–water partition coefficient (Wildman–Crippen LogP) is 7.17. The van der Waals surface area contributed by atoms with E-state index in [1.54, 1.807) is 33.8 Å². The molecule has 1 aromatic heterocycles. The van der Waals surface area contributed by atoms with Gasteiger partial charge in [-0.1, -0.05) is 56.3 Å². The molecule has 206 valence electrons. The van der Waals surface area contributed by atoms with Crippen LogP contribution in [0.3, 0.4) is 0 Å². The number of fused-ring (bicyclic) bond motifs is 1. The topological polar surface area (TPSA) is 86.8 Å². The molecule has 38 heavy (non-hydrogen) atoms. The first-order chi connectivity index (χ1) is 18.1. The molecule has 0 aliphatic heterocycles. The van der Waals surface area contributed by atoms with Gasteiger partial charge in [-0.15, -0.1) is 6.58 Å². The maximum absolute atomic E-state index is 11.5. The third kappa shape index (κ3) is 11.9. The fourth-order valence-electron chi connectivity index (χ4n) is 3.27. The second kappa shape index (κ2) is 16.8. The minimum Gasteiger partial charge on any atom is -0.489 e. The van der Waals surface area contributed by atoms with Crippen molar-refractivity contribution in [1.29, 1.82) is 0 Å². The van der Waals surface area contributed by atoms with E-state index >= 15 is 0 Å². The van der Waals surface area contributed by atoms with E-state index in [4.69, 9.17) is 14.2 Å². The van der Waals surface area contributed by atoms with Crippen molar-refractivity contribution in [3.05, 3.63) is 84.6 Å². The zero-order valence-corrected chi connectivity index (χ0v) is 23.7. The molecule has 0 saturated carbocycles. The van der Waals surface area contributed by atoms with Crippen molar-refractivity contribution in [2.24, 2.45) is 0 Å². The second-order valence-electron chi connectivity index (χ2n) is 9.02. The number of amides is 1. The standard InChI is InChI=1S/C17H15NO.C12H21NO4.C2H6/c1-13-11-14(12-19-15-7-3-2-4-8-15)16-9-5-6-10-17(16)18-13;1-6-8-9(10(14)16-7-2)13-11(15)17-12(3,4)5;1-2/h2-11H,12H2,1H3;6,9H,1,7-8H2,2-5H3,(H,13,15);1-2H3/t;9-;/m.0./s1. The van der Waals surface area contributed by atoms with Crippen LogP contribution in [-0.2, 0) is 20.9 Å². The van der Waals surface area contributed by atoms with E-state index in [0.717, 1.165) is 22.3 Å². The minimum atomic E-state index is -0.748. The van der Waals surface area contributed by atoms with E-state index < -0.39 is 23.7 Å². The predicted molar refractivity (Wildman–Crippen MR) is 153 cm³/mol. The molecule has 0 fully saturated rings. The number of hydrogen-bond acceptors (Lipinski definition) is 6. The van der Waals surface area contributed by atoms with Crippen LogP contribution in [0.25, 0.3) is 10.9 Å². The Hall–Kier alpha value is -3.87. The van der Waals surface area contributed by atoms with E-state index in [0.29, 0.717) is 13.0 Å². The lowest BCUT2D eigenvalue weighted by molar-refractivity contribution is -0.145.